The summed E-state index contributed by atoms with van der Waals surface area (Å²) in [6.07, 6.45) is 3.07. The van der Waals surface area contributed by atoms with Crippen molar-refractivity contribution in [2.75, 3.05) is 6.54 Å². The van der Waals surface area contributed by atoms with Crippen LogP contribution in [0.25, 0.3) is 0 Å². The first-order valence-corrected chi connectivity index (χ1v) is 7.07. The maximum atomic E-state index is 12.1. The van der Waals surface area contributed by atoms with Crippen molar-refractivity contribution in [3.05, 3.63) is 48.0 Å². The van der Waals surface area contributed by atoms with Gasteiger partial charge < -0.3 is 14.8 Å². The van der Waals surface area contributed by atoms with Gasteiger partial charge in [-0.25, -0.2) is 0 Å². The Morgan fingerprint density at radius 2 is 1.95 bits per heavy atom. The Bertz CT molecular complexity index is 698. The Balaban J connectivity index is 1.53. The predicted octanol–water partition coefficient (Wildman–Crippen LogP) is 0.440. The fourth-order valence-corrected chi connectivity index (χ4v) is 3.42. The van der Waals surface area contributed by atoms with Crippen molar-refractivity contribution in [3.63, 3.8) is 0 Å². The lowest BCUT2D eigenvalue weighted by molar-refractivity contribution is -0.158. The Morgan fingerprint density at radius 1 is 1.18 bits per heavy atom. The first-order valence-electron chi connectivity index (χ1n) is 7.07. The van der Waals surface area contributed by atoms with Crippen molar-refractivity contribution in [2.24, 2.45) is 11.8 Å². The Kier molecular flexibility index (Phi) is 2.71. The molecular formula is C16H13NO5. The number of rotatable bonds is 3. The molecule has 3 aliphatic rings. The molecule has 2 saturated heterocycles. The number of cyclic esters (lactones) is 2. The van der Waals surface area contributed by atoms with Gasteiger partial charge in [0.2, 0.25) is 0 Å². The van der Waals surface area contributed by atoms with Crippen LogP contribution in [0.4, 0.5) is 0 Å². The number of carbonyl (C=O) groups is 3. The van der Waals surface area contributed by atoms with Gasteiger partial charge in [-0.2, -0.15) is 0 Å². The molecule has 0 aromatic heterocycles. The number of fused-ring (bicyclic) bond motifs is 5. The van der Waals surface area contributed by atoms with E-state index < -0.39 is 35.5 Å². The van der Waals surface area contributed by atoms with Gasteiger partial charge in [0.1, 0.15) is 17.4 Å². The average molecular weight is 299 g/mol. The van der Waals surface area contributed by atoms with E-state index in [-0.39, 0.29) is 12.5 Å². The molecule has 1 N–H and O–H groups in total. The van der Waals surface area contributed by atoms with E-state index in [1.165, 1.54) is 0 Å². The maximum absolute atomic E-state index is 12.1. The van der Waals surface area contributed by atoms with Gasteiger partial charge >= 0.3 is 11.9 Å². The van der Waals surface area contributed by atoms with Crippen LogP contribution in [-0.4, -0.2) is 36.1 Å². The summed E-state index contributed by atoms with van der Waals surface area (Å²) in [5.41, 5.74) is -0.458. The van der Waals surface area contributed by atoms with Crippen molar-refractivity contribution >= 4 is 17.8 Å². The third-order valence-electron chi connectivity index (χ3n) is 4.45. The molecule has 0 spiro atoms. The fraction of sp³-hybridized carbons (Fsp3) is 0.312. The van der Waals surface area contributed by atoms with Gasteiger partial charge in [-0.1, -0.05) is 30.4 Å². The van der Waals surface area contributed by atoms with Crippen molar-refractivity contribution in [1.29, 1.82) is 0 Å². The highest BCUT2D eigenvalue weighted by atomic mass is 16.6. The first-order chi connectivity index (χ1) is 10.6. The molecule has 4 rings (SSSR count). The molecule has 6 nitrogen and oxygen atoms in total. The van der Waals surface area contributed by atoms with Crippen molar-refractivity contribution in [3.8, 4) is 0 Å². The highest BCUT2D eigenvalue weighted by Gasteiger charge is 2.66. The third kappa shape index (κ3) is 1.74. The molecule has 22 heavy (non-hydrogen) atoms. The van der Waals surface area contributed by atoms with Crippen molar-refractivity contribution in [2.45, 2.75) is 11.7 Å². The molecule has 0 aliphatic carbocycles. The van der Waals surface area contributed by atoms with Gasteiger partial charge in [0.25, 0.3) is 5.91 Å². The van der Waals surface area contributed by atoms with Gasteiger partial charge in [0.15, 0.2) is 0 Å². The highest BCUT2D eigenvalue weighted by Crippen LogP contribution is 2.50. The minimum Gasteiger partial charge on any atom is -0.393 e. The topological polar surface area (TPSA) is 81.7 Å². The summed E-state index contributed by atoms with van der Waals surface area (Å²) < 4.78 is 10.5. The second-order valence-corrected chi connectivity index (χ2v) is 5.69. The highest BCUT2D eigenvalue weighted by molar-refractivity contribution is 5.99. The zero-order chi connectivity index (χ0) is 15.3. The molecular weight excluding hydrogens is 286 g/mol. The summed E-state index contributed by atoms with van der Waals surface area (Å²) >= 11 is 0. The van der Waals surface area contributed by atoms with Crippen LogP contribution >= 0.6 is 0 Å². The second kappa shape index (κ2) is 4.51. The largest absolute Gasteiger partial charge is 0.393 e. The number of carbonyl (C=O) groups excluding carboxylic acids is 3. The number of benzene rings is 1. The van der Waals surface area contributed by atoms with Crippen LogP contribution in [0.1, 0.15) is 10.4 Å². The van der Waals surface area contributed by atoms with Crippen LogP contribution in [0.15, 0.2) is 42.5 Å². The molecule has 2 fully saturated rings. The average Bonchev–Trinajstić information content (AvgIpc) is 3.18. The molecule has 4 atom stereocenters. The van der Waals surface area contributed by atoms with E-state index in [1.54, 1.807) is 36.4 Å². The fourth-order valence-electron chi connectivity index (χ4n) is 3.42. The van der Waals surface area contributed by atoms with Crippen LogP contribution in [0.5, 0.6) is 0 Å². The van der Waals surface area contributed by atoms with Crippen LogP contribution < -0.4 is 5.32 Å². The smallest absolute Gasteiger partial charge is 0.320 e. The summed E-state index contributed by atoms with van der Waals surface area (Å²) in [5, 5.41) is 2.77. The minimum absolute atomic E-state index is 0.122. The molecule has 3 aliphatic heterocycles. The SMILES string of the molecule is O=C(NC[C@]12C=C[C@H](O1)[C@@H]1C(=O)OC(=O)[C@@H]12)c1ccccc1. The summed E-state index contributed by atoms with van der Waals surface area (Å²) in [4.78, 5) is 35.8. The van der Waals surface area contributed by atoms with Gasteiger partial charge in [0.05, 0.1) is 12.6 Å². The van der Waals surface area contributed by atoms with E-state index >= 15 is 0 Å². The van der Waals surface area contributed by atoms with Gasteiger partial charge in [-0.05, 0) is 12.1 Å². The molecule has 1 aromatic carbocycles. The molecule has 6 heteroatoms. The molecule has 1 amide bonds. The molecule has 2 bridgehead atoms. The van der Waals surface area contributed by atoms with E-state index in [1.807, 2.05) is 6.07 Å². The lowest BCUT2D eigenvalue weighted by atomic mass is 9.77. The molecule has 0 saturated carbocycles. The summed E-state index contributed by atoms with van der Waals surface area (Å²) in [6, 6.07) is 8.77. The van der Waals surface area contributed by atoms with E-state index in [9.17, 15) is 14.4 Å². The van der Waals surface area contributed by atoms with Crippen molar-refractivity contribution < 1.29 is 23.9 Å². The quantitative estimate of drug-likeness (QED) is 0.497. The molecule has 112 valence electrons. The lowest BCUT2D eigenvalue weighted by Crippen LogP contribution is -2.47. The maximum Gasteiger partial charge on any atom is 0.320 e. The monoisotopic (exact) mass is 299 g/mol. The van der Waals surface area contributed by atoms with Crippen LogP contribution in [0.3, 0.4) is 0 Å². The standard InChI is InChI=1S/C16H13NO5/c18-13(9-4-2-1-3-5-9)17-8-16-7-6-10(22-16)11-12(16)15(20)21-14(11)19/h1-7,10-12H,8H2,(H,17,18)/t10-,11-,12+,16-/m0/s1. The van der Waals surface area contributed by atoms with E-state index in [0.29, 0.717) is 5.56 Å². The van der Waals surface area contributed by atoms with E-state index in [2.05, 4.69) is 5.32 Å². The van der Waals surface area contributed by atoms with Crippen LogP contribution in [0, 0.1) is 11.8 Å². The summed E-state index contributed by atoms with van der Waals surface area (Å²) in [5.74, 6) is -2.63. The van der Waals surface area contributed by atoms with Crippen molar-refractivity contribution in [1.82, 2.24) is 5.32 Å². The van der Waals surface area contributed by atoms with Crippen LogP contribution in [-0.2, 0) is 19.1 Å². The zero-order valence-corrected chi connectivity index (χ0v) is 11.5. The molecule has 3 heterocycles. The Labute approximate surface area is 126 Å². The number of hydrogen-bond acceptors (Lipinski definition) is 5. The second-order valence-electron chi connectivity index (χ2n) is 5.69. The molecule has 0 unspecified atom stereocenters. The number of hydrogen-bond donors (Lipinski definition) is 1. The number of esters is 2. The summed E-state index contributed by atoms with van der Waals surface area (Å²) in [7, 11) is 0. The number of nitrogens with one attached hydrogen (secondary N) is 1. The van der Waals surface area contributed by atoms with Gasteiger partial charge in [0, 0.05) is 5.56 Å². The van der Waals surface area contributed by atoms with E-state index in [0.717, 1.165) is 0 Å². The van der Waals surface area contributed by atoms with Gasteiger partial charge in [-0.3, -0.25) is 14.4 Å². The molecule has 0 radical (unpaired) electrons. The third-order valence-corrected chi connectivity index (χ3v) is 4.45. The summed E-state index contributed by atoms with van der Waals surface area (Å²) in [6.45, 7) is 0.122. The lowest BCUT2D eigenvalue weighted by Gasteiger charge is -2.27. The molecule has 1 aromatic rings. The normalized spacial score (nSPS) is 34.6. The Morgan fingerprint density at radius 3 is 2.73 bits per heavy atom. The number of amides is 1. The minimum atomic E-state index is -0.983. The van der Waals surface area contributed by atoms with E-state index in [4.69, 9.17) is 9.47 Å². The first kappa shape index (κ1) is 13.2. The number of ether oxygens (including phenoxy) is 2. The predicted molar refractivity (Wildman–Crippen MR) is 73.6 cm³/mol. The Hall–Kier alpha value is -2.47. The zero-order valence-electron chi connectivity index (χ0n) is 11.5. The van der Waals surface area contributed by atoms with Gasteiger partial charge in [-0.15, -0.1) is 0 Å². The van der Waals surface area contributed by atoms with Crippen LogP contribution in [0.2, 0.25) is 0 Å².